The molecule has 3 rings (SSSR count). The van der Waals surface area contributed by atoms with E-state index in [-0.39, 0.29) is 25.1 Å². The van der Waals surface area contributed by atoms with Gasteiger partial charge in [0.2, 0.25) is 5.79 Å². The lowest BCUT2D eigenvalue weighted by atomic mass is 9.97. The average molecular weight is 389 g/mol. The Kier molecular flexibility index (Phi) is 9.87. The van der Waals surface area contributed by atoms with Gasteiger partial charge in [-0.2, -0.15) is 0 Å². The first-order valence-electron chi connectivity index (χ1n) is 8.71. The summed E-state index contributed by atoms with van der Waals surface area (Å²) in [7, 11) is 4.14. The van der Waals surface area contributed by atoms with Crippen molar-refractivity contribution in [3.05, 3.63) is 71.8 Å². The minimum atomic E-state index is -0.808. The molecule has 2 aromatic carbocycles. The second kappa shape index (κ2) is 11.9. The molecule has 0 radical (unpaired) electrons. The summed E-state index contributed by atoms with van der Waals surface area (Å²) in [5.41, 5.74) is 2.07. The molecule has 0 spiro atoms. The van der Waals surface area contributed by atoms with Crippen LogP contribution in [0.3, 0.4) is 0 Å². The smallest absolute Gasteiger partial charge is 0.290 e. The molecule has 0 unspecified atom stereocenters. The molecule has 0 aromatic heterocycles. The van der Waals surface area contributed by atoms with Crippen molar-refractivity contribution in [3.8, 4) is 0 Å². The number of hydrogen-bond donors (Lipinski definition) is 2. The topological polar surface area (TPSA) is 96.3 Å². The predicted octanol–water partition coefficient (Wildman–Crippen LogP) is 2.65. The molecule has 1 heterocycles. The van der Waals surface area contributed by atoms with Crippen LogP contribution in [0.5, 0.6) is 0 Å². The fraction of sp³-hybridized carbons (Fsp3) is 0.333. The van der Waals surface area contributed by atoms with E-state index < -0.39 is 5.79 Å². The summed E-state index contributed by atoms with van der Waals surface area (Å²) in [6.07, 6.45) is 0.0374. The Morgan fingerprint density at radius 3 is 1.71 bits per heavy atom. The van der Waals surface area contributed by atoms with Crippen molar-refractivity contribution in [2.24, 2.45) is 0 Å². The highest BCUT2D eigenvalue weighted by molar-refractivity contribution is 5.34. The van der Waals surface area contributed by atoms with Crippen LogP contribution in [0, 0.1) is 0 Å². The molecule has 0 bridgehead atoms. The lowest BCUT2D eigenvalue weighted by Gasteiger charge is -2.31. The number of ether oxygens (including phenoxy) is 2. The molecule has 2 atom stereocenters. The van der Waals surface area contributed by atoms with Gasteiger partial charge in [0.1, 0.15) is 6.10 Å². The zero-order valence-electron chi connectivity index (χ0n) is 16.3. The molecule has 1 fully saturated rings. The number of benzene rings is 2. The van der Waals surface area contributed by atoms with Gasteiger partial charge in [-0.25, -0.2) is 0 Å². The van der Waals surface area contributed by atoms with Gasteiger partial charge in [0.15, 0.2) is 0 Å². The molecule has 1 aliphatic heterocycles. The fourth-order valence-electron chi connectivity index (χ4n) is 2.84. The monoisotopic (exact) mass is 389 g/mol. The lowest BCUT2D eigenvalue weighted by molar-refractivity contribution is -0.148. The van der Waals surface area contributed by atoms with Crippen LogP contribution in [0.4, 0.5) is 0 Å². The van der Waals surface area contributed by atoms with Crippen molar-refractivity contribution < 1.29 is 29.3 Å². The first-order chi connectivity index (χ1) is 13.5. The van der Waals surface area contributed by atoms with Gasteiger partial charge in [0.05, 0.1) is 6.61 Å². The van der Waals surface area contributed by atoms with Gasteiger partial charge in [0.25, 0.3) is 12.9 Å². The van der Waals surface area contributed by atoms with Crippen molar-refractivity contribution in [3.63, 3.8) is 0 Å². The Morgan fingerprint density at radius 1 is 0.964 bits per heavy atom. The van der Waals surface area contributed by atoms with E-state index in [2.05, 4.69) is 50.2 Å². The molecular weight excluding hydrogens is 362 g/mol. The summed E-state index contributed by atoms with van der Waals surface area (Å²) < 4.78 is 12.7. The van der Waals surface area contributed by atoms with Gasteiger partial charge in [-0.1, -0.05) is 60.7 Å². The van der Waals surface area contributed by atoms with Gasteiger partial charge >= 0.3 is 0 Å². The highest BCUT2D eigenvalue weighted by Gasteiger charge is 2.46. The highest BCUT2D eigenvalue weighted by atomic mass is 16.7. The largest absolute Gasteiger partial charge is 0.483 e. The molecule has 28 heavy (non-hydrogen) atoms. The molecule has 7 heteroatoms. The van der Waals surface area contributed by atoms with Crippen molar-refractivity contribution in [2.45, 2.75) is 24.9 Å². The molecule has 1 saturated heterocycles. The summed E-state index contributed by atoms with van der Waals surface area (Å²) in [6, 6.07) is 20.7. The second-order valence-electron chi connectivity index (χ2n) is 6.23. The van der Waals surface area contributed by atoms with Crippen LogP contribution in [0.2, 0.25) is 0 Å². The molecule has 2 N–H and O–H groups in total. The number of nitrogens with zero attached hydrogens (tertiary/aromatic N) is 1. The molecule has 0 amide bonds. The number of rotatable bonds is 4. The third-order valence-electron chi connectivity index (χ3n) is 4.43. The van der Waals surface area contributed by atoms with Crippen LogP contribution in [-0.4, -0.2) is 60.9 Å². The fourth-order valence-corrected chi connectivity index (χ4v) is 2.84. The van der Waals surface area contributed by atoms with E-state index in [1.807, 2.05) is 36.4 Å². The van der Waals surface area contributed by atoms with E-state index in [1.54, 1.807) is 0 Å². The summed E-state index contributed by atoms with van der Waals surface area (Å²) in [5, 5.41) is 13.8. The first-order valence-corrected chi connectivity index (χ1v) is 8.71. The predicted molar refractivity (Wildman–Crippen MR) is 105 cm³/mol. The quantitative estimate of drug-likeness (QED) is 0.776. The highest BCUT2D eigenvalue weighted by Crippen LogP contribution is 2.41. The van der Waals surface area contributed by atoms with E-state index in [0.717, 1.165) is 11.1 Å². The van der Waals surface area contributed by atoms with E-state index in [9.17, 15) is 0 Å². The molecule has 0 aliphatic carbocycles. The summed E-state index contributed by atoms with van der Waals surface area (Å²) >= 11 is 0. The number of likely N-dealkylation sites (N-methyl/N-ethyl adjacent to an activating group) is 1. The number of carboxylic acid groups (broad SMARTS) is 2. The Labute approximate surface area is 165 Å². The van der Waals surface area contributed by atoms with Crippen molar-refractivity contribution in [1.29, 1.82) is 0 Å². The minimum Gasteiger partial charge on any atom is -0.483 e. The molecule has 1 aliphatic rings. The van der Waals surface area contributed by atoms with E-state index >= 15 is 0 Å². The maximum absolute atomic E-state index is 8.36. The third kappa shape index (κ3) is 5.88. The van der Waals surface area contributed by atoms with Crippen LogP contribution in [0.15, 0.2) is 60.7 Å². The maximum Gasteiger partial charge on any atom is 0.290 e. The van der Waals surface area contributed by atoms with Crippen molar-refractivity contribution in [1.82, 2.24) is 4.90 Å². The van der Waals surface area contributed by atoms with Crippen LogP contribution in [0.25, 0.3) is 0 Å². The second-order valence-corrected chi connectivity index (χ2v) is 6.23. The molecule has 152 valence electrons. The lowest BCUT2D eigenvalue weighted by Crippen LogP contribution is -2.39. The summed E-state index contributed by atoms with van der Waals surface area (Å²) in [6.45, 7) is 2.25. The summed E-state index contributed by atoms with van der Waals surface area (Å²) in [4.78, 5) is 18.9. The van der Waals surface area contributed by atoms with Gasteiger partial charge < -0.3 is 24.6 Å². The minimum absolute atomic E-state index is 0.0374. The zero-order valence-corrected chi connectivity index (χ0v) is 16.3. The van der Waals surface area contributed by atoms with Crippen molar-refractivity contribution in [2.75, 3.05) is 20.7 Å². The molecular formula is C21H27NO6. The number of hydrogen-bond acceptors (Lipinski definition) is 5. The van der Waals surface area contributed by atoms with E-state index in [0.29, 0.717) is 6.61 Å². The van der Waals surface area contributed by atoms with E-state index in [4.69, 9.17) is 29.3 Å². The van der Waals surface area contributed by atoms with Crippen LogP contribution in [0.1, 0.15) is 18.1 Å². The van der Waals surface area contributed by atoms with Crippen molar-refractivity contribution >= 4 is 12.9 Å². The SMILES string of the molecule is C[C@@H]([C@H]1COC(c2ccccc2)(c2ccccc2)O1)N(C)C.O=CO.O=CO. The molecule has 2 aromatic rings. The normalized spacial score (nSPS) is 18.1. The average Bonchev–Trinajstić information content (AvgIpc) is 3.16. The Bertz CT molecular complexity index is 647. The van der Waals surface area contributed by atoms with Crippen LogP contribution in [-0.2, 0) is 24.8 Å². The first kappa shape index (κ1) is 23.3. The Balaban J connectivity index is 0.000000582. The standard InChI is InChI=1S/C19H23NO2.2CH2O2/c1-15(20(2)3)18-14-21-19(22-18,16-10-6-4-7-11-16)17-12-8-5-9-13-17;2*2-1-3/h4-13,15,18H,14H2,1-3H3;2*1H,(H,2,3)/t15-,18+;;/m0../s1. The Hall–Kier alpha value is -2.74. The van der Waals surface area contributed by atoms with Gasteiger partial charge in [-0.05, 0) is 21.0 Å². The number of carbonyl (C=O) groups is 2. The van der Waals surface area contributed by atoms with Gasteiger partial charge in [0, 0.05) is 17.2 Å². The van der Waals surface area contributed by atoms with E-state index in [1.165, 1.54) is 0 Å². The third-order valence-corrected chi connectivity index (χ3v) is 4.43. The molecule has 0 saturated carbocycles. The van der Waals surface area contributed by atoms with Crippen LogP contribution >= 0.6 is 0 Å². The summed E-state index contributed by atoms with van der Waals surface area (Å²) in [5.74, 6) is -0.808. The van der Waals surface area contributed by atoms with Crippen LogP contribution < -0.4 is 0 Å². The zero-order chi connectivity index (χ0) is 21.0. The Morgan fingerprint density at radius 2 is 1.36 bits per heavy atom. The molecule has 7 nitrogen and oxygen atoms in total. The maximum atomic E-state index is 8.36. The van der Waals surface area contributed by atoms with Gasteiger partial charge in [-0.3, -0.25) is 9.59 Å². The van der Waals surface area contributed by atoms with Gasteiger partial charge in [-0.15, -0.1) is 0 Å².